The van der Waals surface area contributed by atoms with Crippen molar-refractivity contribution in [2.24, 2.45) is 0 Å². The van der Waals surface area contributed by atoms with Crippen LogP contribution in [-0.2, 0) is 27.5 Å². The summed E-state index contributed by atoms with van der Waals surface area (Å²) in [6.07, 6.45) is 0. The van der Waals surface area contributed by atoms with Crippen LogP contribution in [0.1, 0.15) is 0 Å². The summed E-state index contributed by atoms with van der Waals surface area (Å²) in [5.41, 5.74) is 0. The van der Waals surface area contributed by atoms with E-state index in [1.54, 1.807) is 0 Å². The van der Waals surface area contributed by atoms with Crippen molar-refractivity contribution in [2.45, 2.75) is 0 Å². The third kappa shape index (κ3) is 80.4. The number of rotatable bonds is 8. The minimum atomic E-state index is -5.17. The van der Waals surface area contributed by atoms with Gasteiger partial charge in [0.25, 0.3) is 0 Å². The molecule has 0 bridgehead atoms. The quantitative estimate of drug-likeness (QED) is 0.139. The third-order valence-corrected chi connectivity index (χ3v) is 1.08. The molecule has 0 aromatic heterocycles. The maximum atomic E-state index is 8.52. The van der Waals surface area contributed by atoms with Crippen LogP contribution < -0.4 is 0 Å². The van der Waals surface area contributed by atoms with E-state index in [4.69, 9.17) is 37.9 Å². The van der Waals surface area contributed by atoms with E-state index in [0.717, 1.165) is 0 Å². The monoisotopic (exact) mass is 371 g/mol. The molecular formula is C8H24CuN2O8S+2. The molecule has 0 rings (SSSR count). The van der Waals surface area contributed by atoms with Gasteiger partial charge in [-0.15, -0.1) is 0 Å². The maximum absolute atomic E-state index is 8.52. The van der Waals surface area contributed by atoms with Crippen LogP contribution >= 0.6 is 0 Å². The van der Waals surface area contributed by atoms with Crippen LogP contribution in [0.2, 0.25) is 0 Å². The zero-order valence-electron chi connectivity index (χ0n) is 10.9. The molecule has 0 aromatic rings. The van der Waals surface area contributed by atoms with E-state index >= 15 is 0 Å². The summed E-state index contributed by atoms with van der Waals surface area (Å²) < 4.78 is 34.1. The Kier molecular flexibility index (Phi) is 34.3. The molecule has 8 N–H and O–H groups in total. The van der Waals surface area contributed by atoms with Crippen LogP contribution in [0.5, 0.6) is 0 Å². The van der Waals surface area contributed by atoms with Crippen LogP contribution in [-0.4, -0.2) is 90.6 Å². The summed E-state index contributed by atoms with van der Waals surface area (Å²) in [6, 6.07) is 0. The second-order valence-corrected chi connectivity index (χ2v) is 3.57. The fourth-order valence-corrected chi connectivity index (χ4v) is 0.540. The Hall–Kier alpha value is 0.149. The first kappa shape index (κ1) is 28.3. The van der Waals surface area contributed by atoms with Crippen LogP contribution in [0.15, 0.2) is 0 Å². The molecule has 20 heavy (non-hydrogen) atoms. The van der Waals surface area contributed by atoms with Gasteiger partial charge in [0, 0.05) is 10.4 Å². The van der Waals surface area contributed by atoms with Gasteiger partial charge in [0.1, 0.15) is 26.4 Å². The Morgan fingerprint density at radius 1 is 0.700 bits per heavy atom. The molecule has 10 nitrogen and oxygen atoms in total. The predicted octanol–water partition coefficient (Wildman–Crippen LogP) is -3.72. The average molecular weight is 372 g/mol. The Morgan fingerprint density at radius 2 is 0.850 bits per heavy atom. The van der Waals surface area contributed by atoms with E-state index in [1.165, 1.54) is 0 Å². The van der Waals surface area contributed by atoms with E-state index in [1.807, 2.05) is 0 Å². The predicted molar refractivity (Wildman–Crippen MR) is 70.6 cm³/mol. The van der Waals surface area contributed by atoms with Crippen molar-refractivity contribution in [2.75, 3.05) is 52.6 Å². The summed E-state index contributed by atoms with van der Waals surface area (Å²) in [5.74, 6) is 0. The Morgan fingerprint density at radius 3 is 0.950 bits per heavy atom. The van der Waals surface area contributed by atoms with Crippen molar-refractivity contribution in [3.63, 3.8) is 0 Å². The fourth-order valence-electron chi connectivity index (χ4n) is 0.540. The molecule has 0 saturated heterocycles. The molecule has 12 heteroatoms. The molecule has 0 aliphatic heterocycles. The van der Waals surface area contributed by atoms with Crippen molar-refractivity contribution in [1.82, 2.24) is 0 Å². The minimum Gasteiger partial charge on any atom is -0.759 e. The number of hydrogen-bond acceptors (Lipinski definition) is 4. The first-order valence-electron chi connectivity index (χ1n) is 5.35. The van der Waals surface area contributed by atoms with Crippen molar-refractivity contribution in [1.29, 1.82) is 0 Å². The van der Waals surface area contributed by atoms with Crippen LogP contribution in [0.25, 0.3) is 10.6 Å². The Balaban J connectivity index is -0.0000000952. The molecule has 0 atom stereocenters. The second kappa shape index (κ2) is 24.2. The molecule has 0 aliphatic rings. The topological polar surface area (TPSA) is 200 Å². The maximum Gasteiger partial charge on any atom is 2.00 e. The summed E-state index contributed by atoms with van der Waals surface area (Å²) >= 11 is 0. The van der Waals surface area contributed by atoms with Gasteiger partial charge in [-0.3, -0.25) is 8.42 Å². The Labute approximate surface area is 129 Å². The van der Waals surface area contributed by atoms with Crippen molar-refractivity contribution in [3.8, 4) is 0 Å². The summed E-state index contributed by atoms with van der Waals surface area (Å²) in [6.45, 7) is 3.83. The van der Waals surface area contributed by atoms with E-state index in [9.17, 15) is 0 Å². The van der Waals surface area contributed by atoms with E-state index in [2.05, 4.69) is 10.6 Å². The van der Waals surface area contributed by atoms with Gasteiger partial charge in [-0.05, 0) is 0 Å². The molecular weight excluding hydrogens is 348 g/mol. The molecule has 0 aliphatic carbocycles. The van der Waals surface area contributed by atoms with Crippen LogP contribution in [0, 0.1) is 0 Å². The van der Waals surface area contributed by atoms with Gasteiger partial charge in [0.2, 0.25) is 0 Å². The first-order chi connectivity index (χ1) is 8.83. The van der Waals surface area contributed by atoms with Gasteiger partial charge in [-0.1, -0.05) is 26.2 Å². The Bertz CT molecular complexity index is 217. The zero-order chi connectivity index (χ0) is 15.6. The summed E-state index contributed by atoms with van der Waals surface area (Å²) in [5, 5.41) is 34.2. The molecule has 129 valence electrons. The van der Waals surface area contributed by atoms with Gasteiger partial charge in [0.05, 0.1) is 0 Å². The van der Waals surface area contributed by atoms with Gasteiger partial charge in [-0.25, -0.2) is 0 Å². The van der Waals surface area contributed by atoms with Gasteiger partial charge in [0.15, 0.2) is 0 Å². The average Bonchev–Trinajstić information content (AvgIpc) is 2.29. The SMILES string of the molecule is O=S(=O)([O-])[O-].[Cu+2].[OH2+]CC[N-]CC[OH2+].[OH2+]CC[N-]CC[OH2+]. The van der Waals surface area contributed by atoms with Gasteiger partial charge in [-0.2, -0.15) is 0 Å². The van der Waals surface area contributed by atoms with Crippen molar-refractivity contribution in [3.05, 3.63) is 10.6 Å². The molecule has 0 amide bonds. The van der Waals surface area contributed by atoms with Gasteiger partial charge < -0.3 is 40.2 Å². The van der Waals surface area contributed by atoms with Crippen molar-refractivity contribution >= 4 is 10.4 Å². The smallest absolute Gasteiger partial charge is 0.759 e. The summed E-state index contributed by atoms with van der Waals surface area (Å²) in [4.78, 5) is 0. The van der Waals surface area contributed by atoms with Crippen molar-refractivity contribution < 1.29 is 55.0 Å². The zero-order valence-corrected chi connectivity index (χ0v) is 12.7. The van der Waals surface area contributed by atoms with Crippen LogP contribution in [0.4, 0.5) is 0 Å². The van der Waals surface area contributed by atoms with E-state index in [0.29, 0.717) is 52.6 Å². The number of nitrogens with zero attached hydrogens (tertiary/aromatic N) is 2. The molecule has 0 heterocycles. The van der Waals surface area contributed by atoms with E-state index < -0.39 is 10.4 Å². The number of hydrogen-bond donors (Lipinski definition) is 0. The minimum absolute atomic E-state index is 0. The molecule has 0 unspecified atom stereocenters. The first-order valence-corrected chi connectivity index (χ1v) is 6.68. The fraction of sp³-hybridized carbons (Fsp3) is 1.00. The standard InChI is InChI=1S/2C4H10NO2.Cu.H2O4S/c2*6-3-1-5-2-4-7;;1-5(2,3)4/h2*6-7H,1-4H2;;(H2,1,2,3,4)/q2*-1;+2;/p+2. The molecule has 0 spiro atoms. The third-order valence-electron chi connectivity index (χ3n) is 1.08. The molecule has 0 aromatic carbocycles. The normalized spacial score (nSPS) is 9.50. The molecule has 0 fully saturated rings. The van der Waals surface area contributed by atoms with Crippen LogP contribution in [0.3, 0.4) is 0 Å². The summed E-state index contributed by atoms with van der Waals surface area (Å²) in [7, 11) is -5.17. The largest absolute Gasteiger partial charge is 2.00 e. The van der Waals surface area contributed by atoms with E-state index in [-0.39, 0.29) is 17.1 Å². The second-order valence-electron chi connectivity index (χ2n) is 2.75. The molecule has 1 radical (unpaired) electrons. The molecule has 0 saturated carbocycles. The van der Waals surface area contributed by atoms with Gasteiger partial charge >= 0.3 is 17.1 Å².